The average molecular weight is 265 g/mol. The molecule has 2 heterocycles. The summed E-state index contributed by atoms with van der Waals surface area (Å²) in [6.45, 7) is 0.566. The summed E-state index contributed by atoms with van der Waals surface area (Å²) in [5.74, 6) is 0.232. The number of hydrogen-bond donors (Lipinski definition) is 5. The molecule has 0 unspecified atom stereocenters. The number of nitrogens with two attached hydrogens (primary N) is 1. The number of nitrogens with one attached hydrogen (secondary N) is 2. The van der Waals surface area contributed by atoms with E-state index in [9.17, 15) is 4.79 Å². The molecule has 1 aromatic rings. The van der Waals surface area contributed by atoms with E-state index in [1.54, 1.807) is 4.90 Å². The number of aliphatic hydroxyl groups excluding tert-OH is 2. The van der Waals surface area contributed by atoms with Crippen molar-refractivity contribution in [2.45, 2.75) is 0 Å². The van der Waals surface area contributed by atoms with Crippen molar-refractivity contribution in [1.82, 2.24) is 9.97 Å². The van der Waals surface area contributed by atoms with Crippen LogP contribution >= 0.6 is 0 Å². The molecule has 9 heteroatoms. The first kappa shape index (κ1) is 15.3. The van der Waals surface area contributed by atoms with Gasteiger partial charge in [0, 0.05) is 25.7 Å². The van der Waals surface area contributed by atoms with Gasteiger partial charge in [-0.25, -0.2) is 0 Å². The van der Waals surface area contributed by atoms with Gasteiger partial charge in [-0.05, 0) is 0 Å². The van der Waals surface area contributed by atoms with E-state index >= 15 is 0 Å². The predicted octanol–water partition coefficient (Wildman–Crippen LogP) is -2.51. The SMILES string of the molecule is Nc1nc2c(c(=O)[nH]1)NCN2CC(CO)CO.[NaH]. The second kappa shape index (κ2) is 6.39. The van der Waals surface area contributed by atoms with Gasteiger partial charge in [-0.1, -0.05) is 0 Å². The summed E-state index contributed by atoms with van der Waals surface area (Å²) < 4.78 is 0. The second-order valence-electron chi connectivity index (χ2n) is 3.94. The number of H-pyrrole nitrogens is 1. The van der Waals surface area contributed by atoms with Crippen LogP contribution in [0.2, 0.25) is 0 Å². The van der Waals surface area contributed by atoms with Crippen LogP contribution in [0.4, 0.5) is 17.5 Å². The van der Waals surface area contributed by atoms with Crippen LogP contribution in [-0.4, -0.2) is 76.2 Å². The van der Waals surface area contributed by atoms with Crippen LogP contribution in [-0.2, 0) is 0 Å². The molecule has 0 aromatic carbocycles. The number of fused-ring (bicyclic) bond motifs is 1. The molecular formula is C9H16N5NaO3. The van der Waals surface area contributed by atoms with E-state index < -0.39 is 0 Å². The second-order valence-corrected chi connectivity index (χ2v) is 3.94. The van der Waals surface area contributed by atoms with Crippen LogP contribution in [0.25, 0.3) is 0 Å². The Morgan fingerprint density at radius 1 is 1.44 bits per heavy atom. The molecule has 2 rings (SSSR count). The normalized spacial score (nSPS) is 13.2. The molecule has 0 saturated carbocycles. The number of aromatic nitrogens is 2. The molecule has 0 radical (unpaired) electrons. The topological polar surface area (TPSA) is 128 Å². The van der Waals surface area contributed by atoms with Gasteiger partial charge in [0.05, 0.1) is 6.67 Å². The van der Waals surface area contributed by atoms with Gasteiger partial charge in [0.15, 0.2) is 5.82 Å². The summed E-state index contributed by atoms with van der Waals surface area (Å²) in [6, 6.07) is 0. The molecule has 1 aliphatic rings. The van der Waals surface area contributed by atoms with Crippen LogP contribution < -0.4 is 21.5 Å². The third-order valence-electron chi connectivity index (χ3n) is 2.66. The summed E-state index contributed by atoms with van der Waals surface area (Å²) in [6.07, 6.45) is 0. The van der Waals surface area contributed by atoms with Crippen molar-refractivity contribution in [2.75, 3.05) is 42.4 Å². The van der Waals surface area contributed by atoms with Crippen LogP contribution in [0.1, 0.15) is 0 Å². The summed E-state index contributed by atoms with van der Waals surface area (Å²) in [4.78, 5) is 19.7. The van der Waals surface area contributed by atoms with Crippen LogP contribution in [0, 0.1) is 5.92 Å². The van der Waals surface area contributed by atoms with Gasteiger partial charge in [0.2, 0.25) is 5.95 Å². The molecule has 8 nitrogen and oxygen atoms in total. The Labute approximate surface area is 126 Å². The monoisotopic (exact) mass is 265 g/mol. The van der Waals surface area contributed by atoms with Crippen LogP contribution in [0.5, 0.6) is 0 Å². The first-order valence-electron chi connectivity index (χ1n) is 5.26. The summed E-state index contributed by atoms with van der Waals surface area (Å²) in [7, 11) is 0. The van der Waals surface area contributed by atoms with Gasteiger partial charge in [-0.15, -0.1) is 0 Å². The number of aliphatic hydroxyl groups is 2. The van der Waals surface area contributed by atoms with Crippen molar-refractivity contribution >= 4 is 47.0 Å². The van der Waals surface area contributed by atoms with Gasteiger partial charge in [0.1, 0.15) is 5.69 Å². The predicted molar refractivity (Wildman–Crippen MR) is 69.9 cm³/mol. The molecule has 1 aliphatic heterocycles. The van der Waals surface area contributed by atoms with E-state index in [1.807, 2.05) is 0 Å². The number of nitrogen functional groups attached to an aromatic ring is 1. The van der Waals surface area contributed by atoms with Crippen molar-refractivity contribution in [3.63, 3.8) is 0 Å². The Balaban J connectivity index is 0.00000162. The van der Waals surface area contributed by atoms with E-state index in [2.05, 4.69) is 15.3 Å². The standard InChI is InChI=1S/C9H15N5O3.Na.H/c10-9-12-7-6(8(17)13-9)11-4-14(7)1-5(2-15)3-16;;/h5,11,15-16H,1-4H2,(H3,10,12,13,17);;. The van der Waals surface area contributed by atoms with E-state index in [0.29, 0.717) is 24.7 Å². The molecule has 0 amide bonds. The Kier molecular flexibility index (Phi) is 5.42. The molecule has 0 atom stereocenters. The minimum absolute atomic E-state index is 0. The van der Waals surface area contributed by atoms with E-state index in [-0.39, 0.29) is 60.2 Å². The maximum atomic E-state index is 11.5. The Morgan fingerprint density at radius 3 is 2.72 bits per heavy atom. The van der Waals surface area contributed by atoms with Gasteiger partial charge in [-0.3, -0.25) is 9.78 Å². The van der Waals surface area contributed by atoms with Gasteiger partial charge in [0.25, 0.3) is 5.56 Å². The van der Waals surface area contributed by atoms with Crippen molar-refractivity contribution in [1.29, 1.82) is 0 Å². The van der Waals surface area contributed by atoms with Crippen molar-refractivity contribution in [2.24, 2.45) is 5.92 Å². The molecule has 0 fully saturated rings. The first-order valence-corrected chi connectivity index (χ1v) is 5.26. The maximum absolute atomic E-state index is 11.5. The molecule has 0 aliphatic carbocycles. The van der Waals surface area contributed by atoms with Crippen LogP contribution in [0.3, 0.4) is 0 Å². The van der Waals surface area contributed by atoms with Crippen LogP contribution in [0.15, 0.2) is 4.79 Å². The van der Waals surface area contributed by atoms with E-state index in [0.717, 1.165) is 0 Å². The third-order valence-corrected chi connectivity index (χ3v) is 2.66. The summed E-state index contributed by atoms with van der Waals surface area (Å²) in [5.41, 5.74) is 5.52. The van der Waals surface area contributed by atoms with Crippen molar-refractivity contribution in [3.8, 4) is 0 Å². The minimum atomic E-state index is -0.320. The molecule has 18 heavy (non-hydrogen) atoms. The molecule has 0 bridgehead atoms. The third kappa shape index (κ3) is 2.96. The molecule has 0 saturated heterocycles. The van der Waals surface area contributed by atoms with Gasteiger partial charge < -0.3 is 26.2 Å². The zero-order chi connectivity index (χ0) is 12.4. The van der Waals surface area contributed by atoms with Gasteiger partial charge >= 0.3 is 29.6 Å². The molecule has 96 valence electrons. The number of aromatic amines is 1. The fourth-order valence-electron chi connectivity index (χ4n) is 1.75. The number of hydrogen-bond acceptors (Lipinski definition) is 7. The van der Waals surface area contributed by atoms with E-state index in [1.165, 1.54) is 0 Å². The van der Waals surface area contributed by atoms with E-state index in [4.69, 9.17) is 15.9 Å². The summed E-state index contributed by atoms with van der Waals surface area (Å²) >= 11 is 0. The molecule has 0 spiro atoms. The molecular weight excluding hydrogens is 249 g/mol. The Morgan fingerprint density at radius 2 is 2.11 bits per heavy atom. The first-order chi connectivity index (χ1) is 8.15. The zero-order valence-corrected chi connectivity index (χ0v) is 9.18. The zero-order valence-electron chi connectivity index (χ0n) is 9.18. The Hall–Kier alpha value is -0.800. The fourth-order valence-corrected chi connectivity index (χ4v) is 1.75. The molecule has 1 aromatic heterocycles. The Bertz CT molecular complexity index is 462. The van der Waals surface area contributed by atoms with Gasteiger partial charge in [-0.2, -0.15) is 4.98 Å². The number of nitrogens with zero attached hydrogens (tertiary/aromatic N) is 2. The quantitative estimate of drug-likeness (QED) is 0.380. The van der Waals surface area contributed by atoms with Crippen molar-refractivity contribution in [3.05, 3.63) is 10.4 Å². The number of rotatable bonds is 4. The molecule has 6 N–H and O–H groups in total. The fraction of sp³-hybridized carbons (Fsp3) is 0.556. The summed E-state index contributed by atoms with van der Waals surface area (Å²) in [5, 5.41) is 20.9. The van der Waals surface area contributed by atoms with Crippen molar-refractivity contribution < 1.29 is 10.2 Å². The average Bonchev–Trinajstić information content (AvgIpc) is 2.69. The number of anilines is 3.